The van der Waals surface area contributed by atoms with Crippen LogP contribution in [0.3, 0.4) is 0 Å². The molecule has 0 fully saturated rings. The first-order valence-corrected chi connectivity index (χ1v) is 9.72. The molecule has 0 unspecified atom stereocenters. The highest BCUT2D eigenvalue weighted by Crippen LogP contribution is 2.32. The van der Waals surface area contributed by atoms with Gasteiger partial charge in [0.05, 0.1) is 18.0 Å². The monoisotopic (exact) mass is 458 g/mol. The van der Waals surface area contributed by atoms with Crippen LogP contribution in [-0.2, 0) is 16.4 Å². The van der Waals surface area contributed by atoms with Crippen molar-refractivity contribution in [3.8, 4) is 22.9 Å². The Morgan fingerprint density at radius 1 is 1.19 bits per heavy atom. The minimum atomic E-state index is -0.601. The molecule has 1 N–H and O–H groups in total. The van der Waals surface area contributed by atoms with Gasteiger partial charge in [-0.05, 0) is 60.4 Å². The van der Waals surface area contributed by atoms with Gasteiger partial charge in [0.1, 0.15) is 18.4 Å². The molecule has 0 atom stereocenters. The van der Waals surface area contributed by atoms with E-state index in [-0.39, 0.29) is 0 Å². The molecule has 3 aromatic rings. The average Bonchev–Trinajstić information content (AvgIpc) is 3.14. The topological polar surface area (TPSA) is 74.7 Å². The van der Waals surface area contributed by atoms with Crippen LogP contribution in [0.15, 0.2) is 49.1 Å². The second kappa shape index (κ2) is 7.46. The summed E-state index contributed by atoms with van der Waals surface area (Å²) in [5, 5.41) is 23.7. The van der Waals surface area contributed by atoms with Crippen LogP contribution in [0.25, 0.3) is 11.1 Å². The number of phenols is 1. The largest absolute Gasteiger partial charge is 0.508 e. The number of aromatic hydroxyl groups is 1. The van der Waals surface area contributed by atoms with Gasteiger partial charge in [0.25, 0.3) is 0 Å². The fourth-order valence-electron chi connectivity index (χ4n) is 2.75. The van der Waals surface area contributed by atoms with Gasteiger partial charge >= 0.3 is 0 Å². The van der Waals surface area contributed by atoms with Crippen molar-refractivity contribution in [1.82, 2.24) is 14.8 Å². The Morgan fingerprint density at radius 2 is 2.00 bits per heavy atom. The van der Waals surface area contributed by atoms with Gasteiger partial charge in [-0.1, -0.05) is 34.7 Å². The van der Waals surface area contributed by atoms with Crippen LogP contribution < -0.4 is 0 Å². The molecule has 132 valence electrons. The Hall–Kier alpha value is -2.40. The average molecular weight is 458 g/mol. The van der Waals surface area contributed by atoms with E-state index in [2.05, 4.69) is 50.9 Å². The number of halogens is 1. The van der Waals surface area contributed by atoms with Crippen molar-refractivity contribution in [2.75, 3.05) is 0 Å². The van der Waals surface area contributed by atoms with E-state index in [0.29, 0.717) is 12.3 Å². The number of rotatable bonds is 5. The maximum atomic E-state index is 9.96. The van der Waals surface area contributed by atoms with Crippen LogP contribution in [0.2, 0.25) is 0 Å². The molecular weight excluding hydrogens is 439 g/mol. The normalized spacial score (nSPS) is 11.3. The molecule has 0 aliphatic rings. The summed E-state index contributed by atoms with van der Waals surface area (Å²) in [4.78, 5) is 3.99. The smallest absolute Gasteiger partial charge is 0.137 e. The molecule has 0 aliphatic carbocycles. The first-order chi connectivity index (χ1) is 12.4. The third-order valence-electron chi connectivity index (χ3n) is 4.36. The van der Waals surface area contributed by atoms with Crippen molar-refractivity contribution in [3.05, 3.63) is 65.7 Å². The fraction of sp³-hybridized carbons (Fsp3) is 0.250. The van der Waals surface area contributed by atoms with E-state index >= 15 is 0 Å². The van der Waals surface area contributed by atoms with Crippen molar-refractivity contribution in [2.45, 2.75) is 30.2 Å². The molecule has 0 aliphatic heterocycles. The molecule has 6 heteroatoms. The van der Waals surface area contributed by atoms with Gasteiger partial charge in [-0.2, -0.15) is 10.4 Å². The number of benzene rings is 2. The summed E-state index contributed by atoms with van der Waals surface area (Å²) in [6.07, 6.45) is 3.19. The van der Waals surface area contributed by atoms with E-state index in [0.717, 1.165) is 32.2 Å². The van der Waals surface area contributed by atoms with E-state index < -0.39 is 5.41 Å². The molecule has 26 heavy (non-hydrogen) atoms. The molecule has 0 amide bonds. The third kappa shape index (κ3) is 3.88. The molecule has 2 aromatic carbocycles. The number of aromatic nitrogens is 3. The SMILES string of the molecule is CC(C)(C#N)c1cc(Cn2cncn2)cc(-c2ccc(O)c(CI)c2)c1. The van der Waals surface area contributed by atoms with Gasteiger partial charge in [-0.15, -0.1) is 0 Å². The molecule has 0 saturated carbocycles. The third-order valence-corrected chi connectivity index (χ3v) is 5.18. The van der Waals surface area contributed by atoms with Gasteiger partial charge in [0.15, 0.2) is 0 Å². The lowest BCUT2D eigenvalue weighted by Gasteiger charge is -2.19. The van der Waals surface area contributed by atoms with E-state index in [4.69, 9.17) is 0 Å². The van der Waals surface area contributed by atoms with Gasteiger partial charge in [-0.3, -0.25) is 0 Å². The zero-order valence-electron chi connectivity index (χ0n) is 14.6. The molecule has 0 radical (unpaired) electrons. The van der Waals surface area contributed by atoms with E-state index in [1.807, 2.05) is 32.0 Å². The summed E-state index contributed by atoms with van der Waals surface area (Å²) in [5.74, 6) is 0.305. The Bertz CT molecular complexity index is 958. The van der Waals surface area contributed by atoms with Crippen LogP contribution in [0, 0.1) is 11.3 Å². The molecule has 1 aromatic heterocycles. The zero-order chi connectivity index (χ0) is 18.7. The van der Waals surface area contributed by atoms with Crippen LogP contribution in [0.1, 0.15) is 30.5 Å². The van der Waals surface area contributed by atoms with Crippen molar-refractivity contribution >= 4 is 22.6 Å². The van der Waals surface area contributed by atoms with E-state index in [1.165, 1.54) is 6.33 Å². The molecule has 0 bridgehead atoms. The van der Waals surface area contributed by atoms with Gasteiger partial charge < -0.3 is 5.11 Å². The van der Waals surface area contributed by atoms with Crippen LogP contribution in [0.4, 0.5) is 0 Å². The summed E-state index contributed by atoms with van der Waals surface area (Å²) >= 11 is 2.24. The van der Waals surface area contributed by atoms with Gasteiger partial charge in [0.2, 0.25) is 0 Å². The maximum absolute atomic E-state index is 9.96. The first kappa shape index (κ1) is 18.4. The molecule has 3 rings (SSSR count). The highest BCUT2D eigenvalue weighted by atomic mass is 127. The molecule has 1 heterocycles. The second-order valence-corrected chi connectivity index (χ2v) is 7.49. The number of hydrogen-bond acceptors (Lipinski definition) is 4. The van der Waals surface area contributed by atoms with Crippen molar-refractivity contribution in [1.29, 1.82) is 5.26 Å². The lowest BCUT2D eigenvalue weighted by molar-refractivity contribution is 0.471. The van der Waals surface area contributed by atoms with Gasteiger partial charge in [0, 0.05) is 9.99 Å². The van der Waals surface area contributed by atoms with Gasteiger partial charge in [-0.25, -0.2) is 9.67 Å². The predicted molar refractivity (Wildman–Crippen MR) is 109 cm³/mol. The Balaban J connectivity index is 2.12. The number of nitrogens with zero attached hydrogens (tertiary/aromatic N) is 4. The summed E-state index contributed by atoms with van der Waals surface area (Å²) in [7, 11) is 0. The summed E-state index contributed by atoms with van der Waals surface area (Å²) < 4.78 is 2.49. The minimum Gasteiger partial charge on any atom is -0.508 e. The first-order valence-electron chi connectivity index (χ1n) is 8.19. The lowest BCUT2D eigenvalue weighted by atomic mass is 9.83. The quantitative estimate of drug-likeness (QED) is 0.454. The number of hydrogen-bond donors (Lipinski definition) is 1. The number of nitriles is 1. The fourth-order valence-corrected chi connectivity index (χ4v) is 3.36. The molecule has 0 saturated heterocycles. The highest BCUT2D eigenvalue weighted by molar-refractivity contribution is 14.1. The van der Waals surface area contributed by atoms with Crippen LogP contribution >= 0.6 is 22.6 Å². The maximum Gasteiger partial charge on any atom is 0.137 e. The summed E-state index contributed by atoms with van der Waals surface area (Å²) in [6, 6.07) is 14.2. The lowest BCUT2D eigenvalue weighted by Crippen LogP contribution is -2.15. The highest BCUT2D eigenvalue weighted by Gasteiger charge is 2.21. The minimum absolute atomic E-state index is 0.305. The Morgan fingerprint density at radius 3 is 2.65 bits per heavy atom. The zero-order valence-corrected chi connectivity index (χ0v) is 16.8. The Kier molecular flexibility index (Phi) is 5.28. The molecule has 0 spiro atoms. The van der Waals surface area contributed by atoms with Crippen molar-refractivity contribution < 1.29 is 5.11 Å². The second-order valence-electron chi connectivity index (χ2n) is 6.73. The molecule has 5 nitrogen and oxygen atoms in total. The summed E-state index contributed by atoms with van der Waals surface area (Å²) in [6.45, 7) is 4.41. The summed E-state index contributed by atoms with van der Waals surface area (Å²) in [5.41, 5.74) is 4.34. The van der Waals surface area contributed by atoms with E-state index in [1.54, 1.807) is 17.1 Å². The Labute approximate surface area is 166 Å². The number of alkyl halides is 1. The predicted octanol–water partition coefficient (Wildman–Crippen LogP) is 4.44. The van der Waals surface area contributed by atoms with Crippen LogP contribution in [0.5, 0.6) is 5.75 Å². The standard InChI is InChI=1S/C20H19IN4O/c1-20(2,11-22)18-6-14(10-25-13-23-12-24-25)5-16(8-18)15-3-4-19(26)17(7-15)9-21/h3-8,12-13,26H,9-10H2,1-2H3. The van der Waals surface area contributed by atoms with E-state index in [9.17, 15) is 10.4 Å². The van der Waals surface area contributed by atoms with Crippen molar-refractivity contribution in [3.63, 3.8) is 0 Å². The molecular formula is C20H19IN4O. The van der Waals surface area contributed by atoms with Crippen molar-refractivity contribution in [2.24, 2.45) is 0 Å². The number of phenolic OH excluding ortho intramolecular Hbond substituents is 1. The van der Waals surface area contributed by atoms with Crippen LogP contribution in [-0.4, -0.2) is 19.9 Å².